The van der Waals surface area contributed by atoms with Gasteiger partial charge in [-0.25, -0.2) is 0 Å². The van der Waals surface area contributed by atoms with E-state index in [1.807, 2.05) is 31.2 Å². The van der Waals surface area contributed by atoms with Crippen LogP contribution < -0.4 is 4.74 Å². The third kappa shape index (κ3) is 2.69. The molecule has 0 heterocycles. The Bertz CT molecular complexity index is 509. The molecule has 1 nitrogen and oxygen atoms in total. The molecule has 0 fully saturated rings. The Morgan fingerprint density at radius 2 is 1.81 bits per heavy atom. The molecule has 0 radical (unpaired) electrons. The topological polar surface area (TPSA) is 9.23 Å². The fourth-order valence-corrected chi connectivity index (χ4v) is 1.81. The van der Waals surface area contributed by atoms with E-state index in [0.29, 0.717) is 15.8 Å². The van der Waals surface area contributed by atoms with Gasteiger partial charge in [0.1, 0.15) is 11.5 Å². The molecule has 2 aromatic rings. The number of hydrogen-bond acceptors (Lipinski definition) is 1. The minimum Gasteiger partial charge on any atom is -0.456 e. The Kier molecular flexibility index (Phi) is 3.37. The van der Waals surface area contributed by atoms with Crippen molar-refractivity contribution >= 4 is 23.2 Å². The maximum absolute atomic E-state index is 6.01. The Morgan fingerprint density at radius 1 is 1.00 bits per heavy atom. The van der Waals surface area contributed by atoms with E-state index in [4.69, 9.17) is 27.9 Å². The smallest absolute Gasteiger partial charge is 0.146 e. The lowest BCUT2D eigenvalue weighted by Gasteiger charge is -2.08. The van der Waals surface area contributed by atoms with Crippen LogP contribution in [0.3, 0.4) is 0 Å². The summed E-state index contributed by atoms with van der Waals surface area (Å²) in [4.78, 5) is 0. The Morgan fingerprint density at radius 3 is 2.50 bits per heavy atom. The quantitative estimate of drug-likeness (QED) is 0.723. The molecule has 16 heavy (non-hydrogen) atoms. The second-order valence-electron chi connectivity index (χ2n) is 3.49. The first-order valence-corrected chi connectivity index (χ1v) is 5.60. The van der Waals surface area contributed by atoms with E-state index in [-0.39, 0.29) is 0 Å². The van der Waals surface area contributed by atoms with Gasteiger partial charge in [-0.1, -0.05) is 35.3 Å². The molecule has 0 N–H and O–H groups in total. The molecule has 0 unspecified atom stereocenters. The van der Waals surface area contributed by atoms with Crippen LogP contribution in [0.4, 0.5) is 0 Å². The fraction of sp³-hybridized carbons (Fsp3) is 0.0769. The molecule has 0 saturated heterocycles. The Labute approximate surface area is 105 Å². The summed E-state index contributed by atoms with van der Waals surface area (Å²) in [6.45, 7) is 2.01. The second kappa shape index (κ2) is 4.77. The molecule has 0 aliphatic heterocycles. The van der Waals surface area contributed by atoms with Crippen LogP contribution >= 0.6 is 23.2 Å². The predicted molar refractivity (Wildman–Crippen MR) is 67.7 cm³/mol. The van der Waals surface area contributed by atoms with Gasteiger partial charge in [-0.15, -0.1) is 0 Å². The molecule has 0 amide bonds. The lowest BCUT2D eigenvalue weighted by atomic mass is 10.2. The SMILES string of the molecule is Cc1cccc(Oc2ccc(Cl)cc2Cl)c1. The lowest BCUT2D eigenvalue weighted by molar-refractivity contribution is 0.482. The highest BCUT2D eigenvalue weighted by Crippen LogP contribution is 2.31. The van der Waals surface area contributed by atoms with Crippen molar-refractivity contribution < 1.29 is 4.74 Å². The summed E-state index contributed by atoms with van der Waals surface area (Å²) in [5.74, 6) is 1.38. The monoisotopic (exact) mass is 252 g/mol. The number of halogens is 2. The fourth-order valence-electron chi connectivity index (χ4n) is 1.36. The molecule has 0 saturated carbocycles. The zero-order chi connectivity index (χ0) is 11.5. The summed E-state index contributed by atoms with van der Waals surface area (Å²) in [6.07, 6.45) is 0. The average molecular weight is 253 g/mol. The second-order valence-corrected chi connectivity index (χ2v) is 4.34. The summed E-state index contributed by atoms with van der Waals surface area (Å²) < 4.78 is 5.65. The van der Waals surface area contributed by atoms with Crippen LogP contribution in [0.5, 0.6) is 11.5 Å². The molecule has 0 spiro atoms. The first-order valence-electron chi connectivity index (χ1n) is 4.85. The van der Waals surface area contributed by atoms with E-state index < -0.39 is 0 Å². The summed E-state index contributed by atoms with van der Waals surface area (Å²) in [6, 6.07) is 13.0. The zero-order valence-corrected chi connectivity index (χ0v) is 10.2. The highest BCUT2D eigenvalue weighted by Gasteiger charge is 2.03. The first kappa shape index (κ1) is 11.3. The lowest BCUT2D eigenvalue weighted by Crippen LogP contribution is -1.85. The molecule has 0 aliphatic carbocycles. The minimum absolute atomic E-state index is 0.508. The van der Waals surface area contributed by atoms with E-state index in [9.17, 15) is 0 Å². The maximum atomic E-state index is 6.01. The van der Waals surface area contributed by atoms with Gasteiger partial charge < -0.3 is 4.74 Å². The number of aryl methyl sites for hydroxylation is 1. The van der Waals surface area contributed by atoms with Crippen LogP contribution in [0.1, 0.15) is 5.56 Å². The van der Waals surface area contributed by atoms with Crippen molar-refractivity contribution in [3.8, 4) is 11.5 Å². The summed E-state index contributed by atoms with van der Waals surface area (Å²) in [5, 5.41) is 1.11. The first-order chi connectivity index (χ1) is 7.65. The van der Waals surface area contributed by atoms with Crippen molar-refractivity contribution in [3.63, 3.8) is 0 Å². The van der Waals surface area contributed by atoms with Crippen LogP contribution in [0.25, 0.3) is 0 Å². The predicted octanol–water partition coefficient (Wildman–Crippen LogP) is 5.09. The Balaban J connectivity index is 2.27. The molecule has 82 valence electrons. The van der Waals surface area contributed by atoms with Gasteiger partial charge >= 0.3 is 0 Å². The third-order valence-corrected chi connectivity index (χ3v) is 2.64. The Hall–Kier alpha value is -1.18. The number of hydrogen-bond donors (Lipinski definition) is 0. The van der Waals surface area contributed by atoms with Crippen molar-refractivity contribution in [2.75, 3.05) is 0 Å². The highest BCUT2D eigenvalue weighted by molar-refractivity contribution is 6.35. The molecule has 0 aliphatic rings. The number of ether oxygens (including phenoxy) is 1. The van der Waals surface area contributed by atoms with Crippen molar-refractivity contribution in [1.82, 2.24) is 0 Å². The molecule has 2 rings (SSSR count). The van der Waals surface area contributed by atoms with Gasteiger partial charge in [-0.3, -0.25) is 0 Å². The van der Waals surface area contributed by atoms with E-state index >= 15 is 0 Å². The van der Waals surface area contributed by atoms with Gasteiger partial charge in [0.2, 0.25) is 0 Å². The van der Waals surface area contributed by atoms with E-state index in [2.05, 4.69) is 0 Å². The van der Waals surface area contributed by atoms with Gasteiger partial charge in [0.15, 0.2) is 0 Å². The average Bonchev–Trinajstić information content (AvgIpc) is 2.22. The third-order valence-electron chi connectivity index (χ3n) is 2.11. The summed E-state index contributed by atoms with van der Waals surface area (Å²) in [5.41, 5.74) is 1.14. The van der Waals surface area contributed by atoms with E-state index in [1.165, 1.54) is 0 Å². The standard InChI is InChI=1S/C13H10Cl2O/c1-9-3-2-4-11(7-9)16-13-6-5-10(14)8-12(13)15/h2-8H,1H3. The molecular weight excluding hydrogens is 243 g/mol. The number of benzene rings is 2. The minimum atomic E-state index is 0.508. The van der Waals surface area contributed by atoms with Crippen LogP contribution in [-0.2, 0) is 0 Å². The van der Waals surface area contributed by atoms with Crippen molar-refractivity contribution in [2.45, 2.75) is 6.92 Å². The molecule has 3 heteroatoms. The summed E-state index contributed by atoms with van der Waals surface area (Å²) >= 11 is 11.8. The van der Waals surface area contributed by atoms with Crippen LogP contribution in [-0.4, -0.2) is 0 Å². The van der Waals surface area contributed by atoms with Gasteiger partial charge in [-0.05, 0) is 42.8 Å². The molecule has 0 atom stereocenters. The van der Waals surface area contributed by atoms with E-state index in [0.717, 1.165) is 11.3 Å². The molecule has 0 bridgehead atoms. The van der Waals surface area contributed by atoms with Crippen molar-refractivity contribution in [2.24, 2.45) is 0 Å². The van der Waals surface area contributed by atoms with Crippen LogP contribution in [0.15, 0.2) is 42.5 Å². The van der Waals surface area contributed by atoms with Crippen molar-refractivity contribution in [3.05, 3.63) is 58.1 Å². The van der Waals surface area contributed by atoms with Crippen molar-refractivity contribution in [1.29, 1.82) is 0 Å². The van der Waals surface area contributed by atoms with Gasteiger partial charge in [0, 0.05) is 5.02 Å². The molecule has 0 aromatic heterocycles. The van der Waals surface area contributed by atoms with Gasteiger partial charge in [0.25, 0.3) is 0 Å². The summed E-state index contributed by atoms with van der Waals surface area (Å²) in [7, 11) is 0. The normalized spacial score (nSPS) is 10.2. The number of rotatable bonds is 2. The maximum Gasteiger partial charge on any atom is 0.146 e. The van der Waals surface area contributed by atoms with E-state index in [1.54, 1.807) is 18.2 Å². The van der Waals surface area contributed by atoms with Gasteiger partial charge in [0.05, 0.1) is 5.02 Å². The van der Waals surface area contributed by atoms with Gasteiger partial charge in [-0.2, -0.15) is 0 Å². The molecule has 2 aromatic carbocycles. The van der Waals surface area contributed by atoms with Crippen LogP contribution in [0.2, 0.25) is 10.0 Å². The zero-order valence-electron chi connectivity index (χ0n) is 8.71. The molecular formula is C13H10Cl2O. The van der Waals surface area contributed by atoms with Crippen LogP contribution in [0, 0.1) is 6.92 Å². The largest absolute Gasteiger partial charge is 0.456 e. The highest BCUT2D eigenvalue weighted by atomic mass is 35.5.